The van der Waals surface area contributed by atoms with Gasteiger partial charge in [0, 0.05) is 31.7 Å². The highest BCUT2D eigenvalue weighted by Crippen LogP contribution is 2.25. The third-order valence-corrected chi connectivity index (χ3v) is 3.10. The van der Waals surface area contributed by atoms with Crippen LogP contribution >= 0.6 is 0 Å². The molecule has 1 aliphatic rings. The molecular formula is C12H16F2N2O. The summed E-state index contributed by atoms with van der Waals surface area (Å²) in [6, 6.07) is 3.19. The second-order valence-electron chi connectivity index (χ2n) is 4.12. The predicted molar refractivity (Wildman–Crippen MR) is 60.6 cm³/mol. The number of nitrogens with one attached hydrogen (secondary N) is 1. The summed E-state index contributed by atoms with van der Waals surface area (Å²) in [5.74, 6) is -1.19. The van der Waals surface area contributed by atoms with E-state index in [1.807, 2.05) is 4.90 Å². The van der Waals surface area contributed by atoms with Crippen molar-refractivity contribution in [2.45, 2.75) is 6.04 Å². The molecule has 0 spiro atoms. The number of aliphatic hydroxyl groups excluding tert-OH is 1. The molecule has 1 atom stereocenters. The van der Waals surface area contributed by atoms with Gasteiger partial charge in [0.1, 0.15) is 11.6 Å². The minimum atomic E-state index is -0.599. The average Bonchev–Trinajstić information content (AvgIpc) is 2.35. The highest BCUT2D eigenvalue weighted by Gasteiger charge is 2.26. The van der Waals surface area contributed by atoms with Crippen LogP contribution in [0.3, 0.4) is 0 Å². The van der Waals surface area contributed by atoms with Gasteiger partial charge in [0.2, 0.25) is 0 Å². The first-order valence-corrected chi connectivity index (χ1v) is 5.73. The maximum Gasteiger partial charge on any atom is 0.131 e. The van der Waals surface area contributed by atoms with Crippen molar-refractivity contribution in [3.63, 3.8) is 0 Å². The normalized spacial score (nSPS) is 19.2. The van der Waals surface area contributed by atoms with E-state index in [-0.39, 0.29) is 12.2 Å². The molecule has 0 radical (unpaired) electrons. The largest absolute Gasteiger partial charge is 0.394 e. The van der Waals surface area contributed by atoms with Gasteiger partial charge < -0.3 is 10.4 Å². The van der Waals surface area contributed by atoms with Gasteiger partial charge in [0.25, 0.3) is 0 Å². The monoisotopic (exact) mass is 242 g/mol. The second-order valence-corrected chi connectivity index (χ2v) is 4.12. The third kappa shape index (κ3) is 2.62. The third-order valence-electron chi connectivity index (χ3n) is 3.10. The maximum atomic E-state index is 13.6. The van der Waals surface area contributed by atoms with Gasteiger partial charge in [-0.25, -0.2) is 8.78 Å². The van der Waals surface area contributed by atoms with Crippen molar-refractivity contribution >= 4 is 0 Å². The zero-order chi connectivity index (χ0) is 12.3. The van der Waals surface area contributed by atoms with E-state index in [4.69, 9.17) is 0 Å². The molecule has 0 bridgehead atoms. The molecule has 1 unspecified atom stereocenters. The minimum Gasteiger partial charge on any atom is -0.394 e. The van der Waals surface area contributed by atoms with Crippen LogP contribution in [0.5, 0.6) is 0 Å². The van der Waals surface area contributed by atoms with E-state index in [0.717, 1.165) is 13.1 Å². The number of benzene rings is 1. The van der Waals surface area contributed by atoms with E-state index in [1.54, 1.807) is 0 Å². The Kier molecular flexibility index (Phi) is 4.04. The topological polar surface area (TPSA) is 35.5 Å². The molecule has 1 fully saturated rings. The van der Waals surface area contributed by atoms with E-state index in [9.17, 15) is 13.9 Å². The number of halogens is 2. The van der Waals surface area contributed by atoms with E-state index in [1.165, 1.54) is 18.2 Å². The molecule has 1 heterocycles. The summed E-state index contributed by atoms with van der Waals surface area (Å²) in [6.45, 7) is 2.62. The van der Waals surface area contributed by atoms with Gasteiger partial charge in [-0.05, 0) is 12.1 Å². The molecule has 2 N–H and O–H groups in total. The van der Waals surface area contributed by atoms with Crippen molar-refractivity contribution < 1.29 is 13.9 Å². The minimum absolute atomic E-state index is 0.0306. The molecule has 1 aromatic rings. The molecule has 94 valence electrons. The Morgan fingerprint density at radius 3 is 2.35 bits per heavy atom. The van der Waals surface area contributed by atoms with Crippen LogP contribution in [0.2, 0.25) is 0 Å². The first-order valence-electron chi connectivity index (χ1n) is 5.73. The maximum absolute atomic E-state index is 13.6. The molecule has 1 saturated heterocycles. The summed E-state index contributed by atoms with van der Waals surface area (Å²) >= 11 is 0. The molecule has 2 rings (SSSR count). The molecule has 3 nitrogen and oxygen atoms in total. The van der Waals surface area contributed by atoms with E-state index >= 15 is 0 Å². The van der Waals surface area contributed by atoms with Crippen LogP contribution < -0.4 is 5.32 Å². The number of nitrogens with zero attached hydrogens (tertiary/aromatic N) is 1. The zero-order valence-electron chi connectivity index (χ0n) is 9.50. The molecule has 0 saturated carbocycles. The number of hydrogen-bond acceptors (Lipinski definition) is 3. The summed E-state index contributed by atoms with van der Waals surface area (Å²) in [5, 5.41) is 12.5. The smallest absolute Gasteiger partial charge is 0.131 e. The number of aliphatic hydroxyl groups is 1. The molecule has 0 amide bonds. The summed E-state index contributed by atoms with van der Waals surface area (Å²) in [4.78, 5) is 1.90. The van der Waals surface area contributed by atoms with Gasteiger partial charge in [-0.3, -0.25) is 4.90 Å². The number of rotatable bonds is 3. The van der Waals surface area contributed by atoms with Crippen LogP contribution in [0.4, 0.5) is 8.78 Å². The predicted octanol–water partition coefficient (Wildman–Crippen LogP) is 0.903. The van der Waals surface area contributed by atoms with Gasteiger partial charge >= 0.3 is 0 Å². The van der Waals surface area contributed by atoms with Gasteiger partial charge in [-0.2, -0.15) is 0 Å². The summed E-state index contributed by atoms with van der Waals surface area (Å²) < 4.78 is 27.3. The standard InChI is InChI=1S/C12H16F2N2O/c13-9-2-1-3-10(14)12(9)11(8-17)16-6-4-15-5-7-16/h1-3,11,15,17H,4-8H2. The highest BCUT2D eigenvalue weighted by molar-refractivity contribution is 5.23. The Morgan fingerprint density at radius 1 is 1.24 bits per heavy atom. The molecule has 0 aliphatic carbocycles. The quantitative estimate of drug-likeness (QED) is 0.826. The van der Waals surface area contributed by atoms with Gasteiger partial charge in [0.15, 0.2) is 0 Å². The van der Waals surface area contributed by atoms with Crippen LogP contribution in [-0.2, 0) is 0 Å². The molecule has 5 heteroatoms. The summed E-state index contributed by atoms with van der Waals surface area (Å²) in [7, 11) is 0. The number of piperazine rings is 1. The highest BCUT2D eigenvalue weighted by atomic mass is 19.1. The average molecular weight is 242 g/mol. The fraction of sp³-hybridized carbons (Fsp3) is 0.500. The fourth-order valence-electron chi connectivity index (χ4n) is 2.21. The molecule has 1 aliphatic heterocycles. The lowest BCUT2D eigenvalue weighted by atomic mass is 10.0. The molecule has 17 heavy (non-hydrogen) atoms. The van der Waals surface area contributed by atoms with E-state index in [2.05, 4.69) is 5.32 Å². The van der Waals surface area contributed by atoms with E-state index in [0.29, 0.717) is 13.1 Å². The Hall–Kier alpha value is -1.04. The van der Waals surface area contributed by atoms with Crippen molar-refractivity contribution in [3.8, 4) is 0 Å². The van der Waals surface area contributed by atoms with Crippen molar-refractivity contribution in [2.24, 2.45) is 0 Å². The van der Waals surface area contributed by atoms with Crippen molar-refractivity contribution in [1.29, 1.82) is 0 Å². The van der Waals surface area contributed by atoms with Crippen LogP contribution in [0.1, 0.15) is 11.6 Å². The molecular weight excluding hydrogens is 226 g/mol. The van der Waals surface area contributed by atoms with Crippen molar-refractivity contribution in [2.75, 3.05) is 32.8 Å². The lowest BCUT2D eigenvalue weighted by molar-refractivity contribution is 0.105. The van der Waals surface area contributed by atoms with Crippen molar-refractivity contribution in [1.82, 2.24) is 10.2 Å². The van der Waals surface area contributed by atoms with Crippen LogP contribution in [0.25, 0.3) is 0 Å². The first-order chi connectivity index (χ1) is 8.24. The zero-order valence-corrected chi connectivity index (χ0v) is 9.50. The van der Waals surface area contributed by atoms with Crippen LogP contribution in [0.15, 0.2) is 18.2 Å². The molecule has 0 aromatic heterocycles. The second kappa shape index (κ2) is 5.53. The van der Waals surface area contributed by atoms with Gasteiger partial charge in [0.05, 0.1) is 12.6 Å². The summed E-state index contributed by atoms with van der Waals surface area (Å²) in [5.41, 5.74) is -0.0306. The van der Waals surface area contributed by atoms with Crippen molar-refractivity contribution in [3.05, 3.63) is 35.4 Å². The number of hydrogen-bond donors (Lipinski definition) is 2. The van der Waals surface area contributed by atoms with Gasteiger partial charge in [-0.15, -0.1) is 0 Å². The Balaban J connectivity index is 2.27. The Bertz CT molecular complexity index is 361. The lowest BCUT2D eigenvalue weighted by Crippen LogP contribution is -2.46. The molecule has 1 aromatic carbocycles. The fourth-order valence-corrected chi connectivity index (χ4v) is 2.21. The van der Waals surface area contributed by atoms with Gasteiger partial charge in [-0.1, -0.05) is 6.07 Å². The summed E-state index contributed by atoms with van der Waals surface area (Å²) in [6.07, 6.45) is 0. The van der Waals surface area contributed by atoms with E-state index < -0.39 is 17.7 Å². The Labute approximate surface area is 99.1 Å². The van der Waals surface area contributed by atoms with Crippen LogP contribution in [0, 0.1) is 11.6 Å². The SMILES string of the molecule is OCC(c1c(F)cccc1F)N1CCNCC1. The first kappa shape index (κ1) is 12.4. The lowest BCUT2D eigenvalue weighted by Gasteiger charge is -2.34. The van der Waals surface area contributed by atoms with Crippen LogP contribution in [-0.4, -0.2) is 42.8 Å². The Morgan fingerprint density at radius 2 is 1.82 bits per heavy atom.